The van der Waals surface area contributed by atoms with Crippen LogP contribution < -0.4 is 5.32 Å². The summed E-state index contributed by atoms with van der Waals surface area (Å²) in [6.45, 7) is 2.07. The molecule has 112 valence electrons. The van der Waals surface area contributed by atoms with Gasteiger partial charge in [0.05, 0.1) is 18.4 Å². The van der Waals surface area contributed by atoms with Gasteiger partial charge in [-0.1, -0.05) is 0 Å². The Kier molecular flexibility index (Phi) is 5.79. The summed E-state index contributed by atoms with van der Waals surface area (Å²) in [6.07, 6.45) is -4.39. The average Bonchev–Trinajstić information content (AvgIpc) is 2.36. The number of alkyl halides is 3. The van der Waals surface area contributed by atoms with Gasteiger partial charge < -0.3 is 10.1 Å². The van der Waals surface area contributed by atoms with Crippen LogP contribution in [0.2, 0.25) is 0 Å². The summed E-state index contributed by atoms with van der Waals surface area (Å²) in [5.41, 5.74) is 0.882. The fourth-order valence-corrected chi connectivity index (χ4v) is 1.65. The topological polar surface area (TPSA) is 51.2 Å². The number of aromatic nitrogens is 1. The molecular weight excluding hydrogens is 273 g/mol. The Hall–Kier alpha value is -1.79. The molecule has 20 heavy (non-hydrogen) atoms. The summed E-state index contributed by atoms with van der Waals surface area (Å²) < 4.78 is 40.4. The second-order valence-corrected chi connectivity index (χ2v) is 4.32. The SMILES string of the molecule is COC(=O)c1ccc(NCCCCC(F)(F)F)nc1C. The number of esters is 1. The van der Waals surface area contributed by atoms with E-state index in [1.54, 1.807) is 19.1 Å². The van der Waals surface area contributed by atoms with Crippen molar-refractivity contribution in [3.63, 3.8) is 0 Å². The van der Waals surface area contributed by atoms with Crippen molar-refractivity contribution in [3.05, 3.63) is 23.4 Å². The first-order chi connectivity index (χ1) is 9.33. The molecular formula is C13H17F3N2O2. The Labute approximate surface area is 115 Å². The van der Waals surface area contributed by atoms with E-state index in [2.05, 4.69) is 15.0 Å². The highest BCUT2D eigenvalue weighted by Gasteiger charge is 2.25. The van der Waals surface area contributed by atoms with Crippen LogP contribution in [0, 0.1) is 6.92 Å². The van der Waals surface area contributed by atoms with Crippen molar-refractivity contribution >= 4 is 11.8 Å². The van der Waals surface area contributed by atoms with Crippen LogP contribution in [0.4, 0.5) is 19.0 Å². The third-order valence-corrected chi connectivity index (χ3v) is 2.68. The van der Waals surface area contributed by atoms with Crippen LogP contribution in [-0.4, -0.2) is 30.8 Å². The lowest BCUT2D eigenvalue weighted by molar-refractivity contribution is -0.135. The Morgan fingerprint density at radius 3 is 2.60 bits per heavy atom. The number of rotatable bonds is 6. The standard InChI is InChI=1S/C13H17F3N2O2/c1-9-10(12(19)20-2)5-6-11(18-9)17-8-4-3-7-13(14,15)16/h5-6H,3-4,7-8H2,1-2H3,(H,17,18). The smallest absolute Gasteiger partial charge is 0.389 e. The van der Waals surface area contributed by atoms with Gasteiger partial charge in [-0.05, 0) is 31.9 Å². The summed E-state index contributed by atoms with van der Waals surface area (Å²) >= 11 is 0. The van der Waals surface area contributed by atoms with Gasteiger partial charge in [-0.25, -0.2) is 9.78 Å². The van der Waals surface area contributed by atoms with E-state index >= 15 is 0 Å². The highest BCUT2D eigenvalue weighted by Crippen LogP contribution is 2.22. The number of hydrogen-bond donors (Lipinski definition) is 1. The van der Waals surface area contributed by atoms with Gasteiger partial charge in [0.2, 0.25) is 0 Å². The first-order valence-electron chi connectivity index (χ1n) is 6.20. The van der Waals surface area contributed by atoms with Crippen LogP contribution in [0.1, 0.15) is 35.3 Å². The minimum atomic E-state index is -4.10. The lowest BCUT2D eigenvalue weighted by atomic mass is 10.2. The third-order valence-electron chi connectivity index (χ3n) is 2.68. The van der Waals surface area contributed by atoms with Crippen molar-refractivity contribution in [2.45, 2.75) is 32.4 Å². The second-order valence-electron chi connectivity index (χ2n) is 4.32. The summed E-state index contributed by atoms with van der Waals surface area (Å²) in [4.78, 5) is 15.5. The molecule has 0 aromatic carbocycles. The number of nitrogens with one attached hydrogen (secondary N) is 1. The number of carbonyl (C=O) groups is 1. The zero-order valence-corrected chi connectivity index (χ0v) is 11.4. The lowest BCUT2D eigenvalue weighted by Crippen LogP contribution is -2.10. The molecule has 1 rings (SSSR count). The number of nitrogens with zero attached hydrogens (tertiary/aromatic N) is 1. The fraction of sp³-hybridized carbons (Fsp3) is 0.538. The molecule has 0 saturated heterocycles. The Balaban J connectivity index is 2.42. The molecule has 0 aliphatic heterocycles. The molecule has 0 spiro atoms. The van der Waals surface area contributed by atoms with Gasteiger partial charge in [-0.15, -0.1) is 0 Å². The van der Waals surface area contributed by atoms with Gasteiger partial charge in [0, 0.05) is 13.0 Å². The predicted octanol–water partition coefficient (Wildman–Crippen LogP) is 3.32. The summed E-state index contributed by atoms with van der Waals surface area (Å²) in [7, 11) is 1.29. The zero-order chi connectivity index (χ0) is 15.2. The molecule has 1 heterocycles. The summed E-state index contributed by atoms with van der Waals surface area (Å²) in [5, 5.41) is 2.93. The van der Waals surface area contributed by atoms with Gasteiger partial charge in [0.15, 0.2) is 0 Å². The van der Waals surface area contributed by atoms with Crippen LogP contribution >= 0.6 is 0 Å². The van der Waals surface area contributed by atoms with Crippen LogP contribution in [0.15, 0.2) is 12.1 Å². The number of aryl methyl sites for hydroxylation is 1. The summed E-state index contributed by atoms with van der Waals surface area (Å²) in [6, 6.07) is 3.18. The molecule has 1 N–H and O–H groups in total. The minimum Gasteiger partial charge on any atom is -0.465 e. The fourth-order valence-electron chi connectivity index (χ4n) is 1.65. The van der Waals surface area contributed by atoms with Crippen molar-refractivity contribution in [2.24, 2.45) is 0 Å². The van der Waals surface area contributed by atoms with E-state index in [1.165, 1.54) is 7.11 Å². The molecule has 0 fully saturated rings. The molecule has 0 aliphatic rings. The normalized spacial score (nSPS) is 11.2. The summed E-state index contributed by atoms with van der Waals surface area (Å²) in [5.74, 6) is 0.0638. The molecule has 0 bridgehead atoms. The number of pyridine rings is 1. The third kappa shape index (κ3) is 5.46. The molecule has 0 atom stereocenters. The molecule has 0 aliphatic carbocycles. The lowest BCUT2D eigenvalue weighted by Gasteiger charge is -2.09. The van der Waals surface area contributed by atoms with Gasteiger partial charge in [0.25, 0.3) is 0 Å². The Morgan fingerprint density at radius 1 is 1.35 bits per heavy atom. The van der Waals surface area contributed by atoms with E-state index in [4.69, 9.17) is 0 Å². The van der Waals surface area contributed by atoms with Gasteiger partial charge in [-0.3, -0.25) is 0 Å². The van der Waals surface area contributed by atoms with Crippen LogP contribution in [0.3, 0.4) is 0 Å². The molecule has 7 heteroatoms. The first kappa shape index (κ1) is 16.3. The van der Waals surface area contributed by atoms with E-state index in [0.717, 1.165) is 0 Å². The van der Waals surface area contributed by atoms with Crippen molar-refractivity contribution in [2.75, 3.05) is 19.0 Å². The largest absolute Gasteiger partial charge is 0.465 e. The number of halogens is 3. The highest BCUT2D eigenvalue weighted by molar-refractivity contribution is 5.90. The molecule has 1 aromatic heterocycles. The number of methoxy groups -OCH3 is 1. The van der Waals surface area contributed by atoms with Gasteiger partial charge in [0.1, 0.15) is 5.82 Å². The van der Waals surface area contributed by atoms with E-state index < -0.39 is 18.6 Å². The first-order valence-corrected chi connectivity index (χ1v) is 6.20. The average molecular weight is 290 g/mol. The molecule has 0 saturated carbocycles. The Bertz CT molecular complexity index is 461. The van der Waals surface area contributed by atoms with E-state index in [1.807, 2.05) is 0 Å². The minimum absolute atomic E-state index is 0.0791. The number of unbranched alkanes of at least 4 members (excludes halogenated alkanes) is 1. The monoisotopic (exact) mass is 290 g/mol. The van der Waals surface area contributed by atoms with Gasteiger partial charge >= 0.3 is 12.1 Å². The van der Waals surface area contributed by atoms with E-state index in [0.29, 0.717) is 30.0 Å². The molecule has 4 nitrogen and oxygen atoms in total. The van der Waals surface area contributed by atoms with E-state index in [-0.39, 0.29) is 6.42 Å². The maximum atomic E-state index is 11.9. The molecule has 0 amide bonds. The second kappa shape index (κ2) is 7.12. The van der Waals surface area contributed by atoms with Crippen molar-refractivity contribution in [3.8, 4) is 0 Å². The van der Waals surface area contributed by atoms with Gasteiger partial charge in [-0.2, -0.15) is 13.2 Å². The zero-order valence-electron chi connectivity index (χ0n) is 11.4. The van der Waals surface area contributed by atoms with Crippen molar-refractivity contribution in [1.82, 2.24) is 4.98 Å². The number of ether oxygens (including phenoxy) is 1. The quantitative estimate of drug-likeness (QED) is 0.645. The number of anilines is 1. The number of hydrogen-bond acceptors (Lipinski definition) is 4. The molecule has 0 radical (unpaired) electrons. The van der Waals surface area contributed by atoms with Crippen LogP contribution in [0.5, 0.6) is 0 Å². The molecule has 0 unspecified atom stereocenters. The number of carbonyl (C=O) groups excluding carboxylic acids is 1. The highest BCUT2D eigenvalue weighted by atomic mass is 19.4. The maximum absolute atomic E-state index is 11.9. The van der Waals surface area contributed by atoms with Crippen molar-refractivity contribution < 1.29 is 22.7 Å². The van der Waals surface area contributed by atoms with E-state index in [9.17, 15) is 18.0 Å². The van der Waals surface area contributed by atoms with Crippen LogP contribution in [0.25, 0.3) is 0 Å². The van der Waals surface area contributed by atoms with Crippen LogP contribution in [-0.2, 0) is 4.74 Å². The Morgan fingerprint density at radius 2 is 2.05 bits per heavy atom. The van der Waals surface area contributed by atoms with Crippen molar-refractivity contribution in [1.29, 1.82) is 0 Å². The maximum Gasteiger partial charge on any atom is 0.389 e. The molecule has 1 aromatic rings. The predicted molar refractivity (Wildman–Crippen MR) is 68.7 cm³/mol.